The Bertz CT molecular complexity index is 548. The van der Waals surface area contributed by atoms with Gasteiger partial charge < -0.3 is 5.73 Å². The molecule has 0 aliphatic rings. The molecular formula is C10H7ClF3N3. The average molecular weight is 262 g/mol. The van der Waals surface area contributed by atoms with Crippen LogP contribution in [0.3, 0.4) is 0 Å². The zero-order valence-electron chi connectivity index (χ0n) is 8.37. The van der Waals surface area contributed by atoms with Crippen LogP contribution in [0.5, 0.6) is 0 Å². The van der Waals surface area contributed by atoms with E-state index in [-0.39, 0.29) is 16.5 Å². The second-order valence-electron chi connectivity index (χ2n) is 3.34. The summed E-state index contributed by atoms with van der Waals surface area (Å²) in [5.41, 5.74) is 5.03. The summed E-state index contributed by atoms with van der Waals surface area (Å²) >= 11 is 5.68. The molecule has 1 aromatic heterocycles. The largest absolute Gasteiger partial charge is 0.416 e. The summed E-state index contributed by atoms with van der Waals surface area (Å²) in [6.07, 6.45) is -3.13. The quantitative estimate of drug-likeness (QED) is 0.857. The van der Waals surface area contributed by atoms with Crippen molar-refractivity contribution in [3.05, 3.63) is 41.0 Å². The van der Waals surface area contributed by atoms with Crippen molar-refractivity contribution in [3.8, 4) is 5.69 Å². The van der Waals surface area contributed by atoms with E-state index in [9.17, 15) is 13.2 Å². The van der Waals surface area contributed by atoms with Crippen LogP contribution in [0.2, 0.25) is 5.02 Å². The first-order valence-electron chi connectivity index (χ1n) is 4.56. The van der Waals surface area contributed by atoms with Gasteiger partial charge in [-0.1, -0.05) is 17.7 Å². The first-order valence-corrected chi connectivity index (χ1v) is 4.94. The van der Waals surface area contributed by atoms with E-state index in [2.05, 4.69) is 5.10 Å². The normalized spacial score (nSPS) is 11.8. The van der Waals surface area contributed by atoms with Gasteiger partial charge in [0.1, 0.15) is 10.8 Å². The molecule has 2 aromatic rings. The Labute approximate surface area is 99.6 Å². The molecule has 0 saturated heterocycles. The summed E-state index contributed by atoms with van der Waals surface area (Å²) in [6.45, 7) is 0. The number of nitrogen functional groups attached to an aromatic ring is 1. The number of halogens is 4. The SMILES string of the molecule is Nc1c(Cl)cnn1-c1cccc(C(F)(F)F)c1. The van der Waals surface area contributed by atoms with E-state index in [4.69, 9.17) is 17.3 Å². The van der Waals surface area contributed by atoms with Crippen molar-refractivity contribution in [2.75, 3.05) is 5.73 Å². The molecule has 3 nitrogen and oxygen atoms in total. The van der Waals surface area contributed by atoms with Gasteiger partial charge in [-0.15, -0.1) is 0 Å². The van der Waals surface area contributed by atoms with Gasteiger partial charge >= 0.3 is 6.18 Å². The van der Waals surface area contributed by atoms with Gasteiger partial charge in [-0.05, 0) is 18.2 Å². The van der Waals surface area contributed by atoms with Gasteiger partial charge in [-0.3, -0.25) is 0 Å². The van der Waals surface area contributed by atoms with Crippen LogP contribution >= 0.6 is 11.6 Å². The van der Waals surface area contributed by atoms with Gasteiger partial charge in [0.15, 0.2) is 0 Å². The smallest absolute Gasteiger partial charge is 0.382 e. The fraction of sp³-hybridized carbons (Fsp3) is 0.100. The van der Waals surface area contributed by atoms with Crippen molar-refractivity contribution in [3.63, 3.8) is 0 Å². The first-order chi connectivity index (χ1) is 7.89. The lowest BCUT2D eigenvalue weighted by molar-refractivity contribution is -0.137. The van der Waals surface area contributed by atoms with Gasteiger partial charge in [0.05, 0.1) is 17.4 Å². The van der Waals surface area contributed by atoms with E-state index in [0.717, 1.165) is 16.8 Å². The lowest BCUT2D eigenvalue weighted by atomic mass is 10.2. The number of nitrogens with zero attached hydrogens (tertiary/aromatic N) is 2. The third kappa shape index (κ3) is 2.21. The van der Waals surface area contributed by atoms with E-state index >= 15 is 0 Å². The van der Waals surface area contributed by atoms with Crippen LogP contribution in [0.15, 0.2) is 30.5 Å². The van der Waals surface area contributed by atoms with Gasteiger partial charge in [-0.2, -0.15) is 18.3 Å². The Kier molecular flexibility index (Phi) is 2.74. The van der Waals surface area contributed by atoms with Gasteiger partial charge in [0.25, 0.3) is 0 Å². The van der Waals surface area contributed by atoms with E-state index < -0.39 is 11.7 Å². The van der Waals surface area contributed by atoms with Crippen LogP contribution in [0.4, 0.5) is 19.0 Å². The minimum absolute atomic E-state index is 0.103. The Balaban J connectivity index is 2.51. The first kappa shape index (κ1) is 11.8. The van der Waals surface area contributed by atoms with E-state index in [1.165, 1.54) is 18.3 Å². The molecular weight excluding hydrogens is 255 g/mol. The monoisotopic (exact) mass is 261 g/mol. The molecule has 17 heavy (non-hydrogen) atoms. The van der Waals surface area contributed by atoms with Crippen LogP contribution in [-0.2, 0) is 6.18 Å². The Morgan fingerprint density at radius 1 is 1.29 bits per heavy atom. The minimum atomic E-state index is -4.40. The molecule has 0 fully saturated rings. The van der Waals surface area contributed by atoms with Crippen molar-refractivity contribution in [1.82, 2.24) is 9.78 Å². The summed E-state index contributed by atoms with van der Waals surface area (Å²) in [4.78, 5) is 0. The van der Waals surface area contributed by atoms with E-state index in [1.54, 1.807) is 0 Å². The topological polar surface area (TPSA) is 43.8 Å². The van der Waals surface area contributed by atoms with Crippen LogP contribution in [-0.4, -0.2) is 9.78 Å². The molecule has 0 saturated carbocycles. The van der Waals surface area contributed by atoms with Crippen molar-refractivity contribution >= 4 is 17.4 Å². The molecule has 1 heterocycles. The molecule has 0 unspecified atom stereocenters. The highest BCUT2D eigenvalue weighted by Crippen LogP contribution is 2.31. The maximum Gasteiger partial charge on any atom is 0.416 e. The number of rotatable bonds is 1. The lowest BCUT2D eigenvalue weighted by Gasteiger charge is -2.09. The van der Waals surface area contributed by atoms with Gasteiger partial charge in [-0.25, -0.2) is 4.68 Å². The summed E-state index contributed by atoms with van der Waals surface area (Å²) in [5, 5.41) is 4.00. The van der Waals surface area contributed by atoms with Gasteiger partial charge in [0.2, 0.25) is 0 Å². The third-order valence-electron chi connectivity index (χ3n) is 2.18. The molecule has 90 valence electrons. The molecule has 0 bridgehead atoms. The number of alkyl halides is 3. The Hall–Kier alpha value is -1.69. The number of anilines is 1. The molecule has 2 N–H and O–H groups in total. The molecule has 0 atom stereocenters. The second-order valence-corrected chi connectivity index (χ2v) is 3.74. The highest BCUT2D eigenvalue weighted by molar-refractivity contribution is 6.32. The highest BCUT2D eigenvalue weighted by Gasteiger charge is 2.30. The Morgan fingerprint density at radius 2 is 2.00 bits per heavy atom. The van der Waals surface area contributed by atoms with E-state index in [0.29, 0.717) is 0 Å². The minimum Gasteiger partial charge on any atom is -0.382 e. The second kappa shape index (κ2) is 3.96. The highest BCUT2D eigenvalue weighted by atomic mass is 35.5. The third-order valence-corrected chi connectivity index (χ3v) is 2.47. The standard InChI is InChI=1S/C10H7ClF3N3/c11-8-5-16-17(9(8)15)7-3-1-2-6(4-7)10(12,13)14/h1-5H,15H2. The molecule has 0 radical (unpaired) electrons. The molecule has 0 aliphatic heterocycles. The number of benzene rings is 1. The number of aromatic nitrogens is 2. The van der Waals surface area contributed by atoms with E-state index in [1.807, 2.05) is 0 Å². The predicted octanol–water partition coefficient (Wildman–Crippen LogP) is 3.13. The summed E-state index contributed by atoms with van der Waals surface area (Å²) in [5.74, 6) is 0.103. The molecule has 7 heteroatoms. The fourth-order valence-corrected chi connectivity index (χ4v) is 1.48. The summed E-state index contributed by atoms with van der Waals surface area (Å²) < 4.78 is 38.7. The maximum atomic E-state index is 12.5. The predicted molar refractivity (Wildman–Crippen MR) is 58.0 cm³/mol. The Morgan fingerprint density at radius 3 is 2.53 bits per heavy atom. The summed E-state index contributed by atoms with van der Waals surface area (Å²) in [7, 11) is 0. The fourth-order valence-electron chi connectivity index (χ4n) is 1.36. The lowest BCUT2D eigenvalue weighted by Crippen LogP contribution is -2.07. The van der Waals surface area contributed by atoms with Crippen LogP contribution < -0.4 is 5.73 Å². The average Bonchev–Trinajstić information content (AvgIpc) is 2.59. The van der Waals surface area contributed by atoms with Crippen LogP contribution in [0.25, 0.3) is 5.69 Å². The molecule has 1 aromatic carbocycles. The molecule has 0 spiro atoms. The molecule has 0 aliphatic carbocycles. The number of nitrogens with two attached hydrogens (primary N) is 1. The number of hydrogen-bond acceptors (Lipinski definition) is 2. The van der Waals surface area contributed by atoms with Crippen LogP contribution in [0, 0.1) is 0 Å². The van der Waals surface area contributed by atoms with Crippen molar-refractivity contribution in [2.24, 2.45) is 0 Å². The van der Waals surface area contributed by atoms with Gasteiger partial charge in [0, 0.05) is 0 Å². The summed E-state index contributed by atoms with van der Waals surface area (Å²) in [6, 6.07) is 4.69. The number of hydrogen-bond donors (Lipinski definition) is 1. The van der Waals surface area contributed by atoms with Crippen molar-refractivity contribution < 1.29 is 13.2 Å². The van der Waals surface area contributed by atoms with Crippen LogP contribution in [0.1, 0.15) is 5.56 Å². The van der Waals surface area contributed by atoms with Crippen molar-refractivity contribution in [2.45, 2.75) is 6.18 Å². The molecule has 2 rings (SSSR count). The zero-order valence-corrected chi connectivity index (χ0v) is 9.13. The molecule has 0 amide bonds. The van der Waals surface area contributed by atoms with Crippen molar-refractivity contribution in [1.29, 1.82) is 0 Å². The zero-order chi connectivity index (χ0) is 12.6. The maximum absolute atomic E-state index is 12.5.